The van der Waals surface area contributed by atoms with Gasteiger partial charge in [-0.3, -0.25) is 14.2 Å². The maximum atomic E-state index is 13.6. The van der Waals surface area contributed by atoms with E-state index < -0.39 is 20.0 Å². The number of unbranched alkanes of at least 4 members (excludes halogenated alkanes) is 39. The molecule has 490 valence electrons. The van der Waals surface area contributed by atoms with Gasteiger partial charge in [0, 0.05) is 12.8 Å². The number of nitrogens with one attached hydrogen (secondary N) is 1. The second-order valence-electron chi connectivity index (χ2n) is 25.4. The molecule has 84 heavy (non-hydrogen) atoms. The van der Waals surface area contributed by atoms with Crippen LogP contribution in [-0.2, 0) is 27.9 Å². The number of nitrogens with zero attached hydrogens (tertiary/aromatic N) is 1. The Balaban J connectivity index is 5.03. The van der Waals surface area contributed by atoms with Crippen molar-refractivity contribution in [3.05, 3.63) is 72.9 Å². The van der Waals surface area contributed by atoms with Gasteiger partial charge in [0.2, 0.25) is 5.91 Å². The number of carbonyl (C=O) groups is 2. The topological polar surface area (TPSA) is 114 Å². The van der Waals surface area contributed by atoms with Gasteiger partial charge in [-0.1, -0.05) is 293 Å². The number of rotatable bonds is 65. The molecule has 1 amide bonds. The van der Waals surface area contributed by atoms with Crippen LogP contribution < -0.4 is 10.2 Å². The second-order valence-corrected chi connectivity index (χ2v) is 26.8. The van der Waals surface area contributed by atoms with Crippen LogP contribution in [0.1, 0.15) is 335 Å². The summed E-state index contributed by atoms with van der Waals surface area (Å²) >= 11 is 0. The molecule has 0 spiro atoms. The zero-order valence-electron chi connectivity index (χ0n) is 56.1. The normalized spacial score (nSPS) is 13.9. The number of hydrogen-bond acceptors (Lipinski definition) is 7. The lowest BCUT2D eigenvalue weighted by molar-refractivity contribution is -0.870. The van der Waals surface area contributed by atoms with Gasteiger partial charge in [0.15, 0.2) is 0 Å². The Morgan fingerprint density at radius 3 is 1.11 bits per heavy atom. The van der Waals surface area contributed by atoms with Crippen LogP contribution in [0.5, 0.6) is 0 Å². The Kier molecular flexibility index (Phi) is 61.5. The standard InChI is InChI=1S/C74H137N2O7P/c1-7-10-13-16-19-22-25-28-30-32-34-35-36-37-38-39-40-41-43-45-47-49-52-55-58-61-64-67-74(78)83-72(65-62-59-56-53-50-27-24-21-18-15-12-9-3)71(70-82-84(79,80)81-69-68-76(4,5)6)75-73(77)66-63-60-57-54-51-48-46-44-42-33-31-29-26-23-20-17-14-11-8-2/h19-20,22-23,28-31,34-35,62,65,71-72H,7-18,21,24-27,32-33,36-61,63-64,66-70H2,1-6H3,(H-,75,77,79,80)/b22-19-,23-20-,30-28-,31-29-,35-34-,65-62-. The highest BCUT2D eigenvalue weighted by molar-refractivity contribution is 7.45. The van der Waals surface area contributed by atoms with E-state index in [2.05, 4.69) is 86.8 Å². The van der Waals surface area contributed by atoms with Crippen molar-refractivity contribution in [2.45, 2.75) is 348 Å². The summed E-state index contributed by atoms with van der Waals surface area (Å²) in [5.74, 6) is -0.537. The van der Waals surface area contributed by atoms with Gasteiger partial charge in [-0.05, 0) is 102 Å². The summed E-state index contributed by atoms with van der Waals surface area (Å²) in [6.07, 6.45) is 83.1. The minimum Gasteiger partial charge on any atom is -0.756 e. The van der Waals surface area contributed by atoms with Gasteiger partial charge >= 0.3 is 5.97 Å². The van der Waals surface area contributed by atoms with Crippen LogP contribution in [0, 0.1) is 0 Å². The summed E-state index contributed by atoms with van der Waals surface area (Å²) < 4.78 is 30.4. The first kappa shape index (κ1) is 81.5. The van der Waals surface area contributed by atoms with E-state index in [1.807, 2.05) is 33.3 Å². The predicted octanol–water partition coefficient (Wildman–Crippen LogP) is 22.1. The smallest absolute Gasteiger partial charge is 0.306 e. The van der Waals surface area contributed by atoms with E-state index in [4.69, 9.17) is 13.8 Å². The molecule has 0 heterocycles. The lowest BCUT2D eigenvalue weighted by Gasteiger charge is -2.30. The van der Waals surface area contributed by atoms with Crippen molar-refractivity contribution >= 4 is 19.7 Å². The maximum absolute atomic E-state index is 13.6. The van der Waals surface area contributed by atoms with E-state index >= 15 is 0 Å². The fourth-order valence-electron chi connectivity index (χ4n) is 10.3. The Morgan fingerprint density at radius 2 is 0.726 bits per heavy atom. The van der Waals surface area contributed by atoms with Gasteiger partial charge in [-0.25, -0.2) is 0 Å². The summed E-state index contributed by atoms with van der Waals surface area (Å²) in [6.45, 7) is 6.82. The molecule has 3 unspecified atom stereocenters. The van der Waals surface area contributed by atoms with E-state index in [1.165, 1.54) is 212 Å². The first-order chi connectivity index (χ1) is 40.9. The average molecular weight is 1200 g/mol. The van der Waals surface area contributed by atoms with E-state index in [-0.39, 0.29) is 31.5 Å². The fraction of sp³-hybridized carbons (Fsp3) is 0.811. The van der Waals surface area contributed by atoms with Gasteiger partial charge < -0.3 is 28.5 Å². The molecule has 0 aliphatic carbocycles. The summed E-state index contributed by atoms with van der Waals surface area (Å²) in [6, 6.07) is -0.893. The molecule has 0 aromatic heterocycles. The van der Waals surface area contributed by atoms with Crippen LogP contribution in [0.2, 0.25) is 0 Å². The molecule has 0 aliphatic rings. The monoisotopic (exact) mass is 1200 g/mol. The van der Waals surface area contributed by atoms with Crippen LogP contribution in [-0.4, -0.2) is 69.4 Å². The van der Waals surface area contributed by atoms with Crippen LogP contribution in [0.3, 0.4) is 0 Å². The highest BCUT2D eigenvalue weighted by Gasteiger charge is 2.27. The van der Waals surface area contributed by atoms with Crippen molar-refractivity contribution in [2.75, 3.05) is 40.9 Å². The quantitative estimate of drug-likeness (QED) is 0.0212. The lowest BCUT2D eigenvalue weighted by atomic mass is 10.0. The Hall–Kier alpha value is -2.55. The van der Waals surface area contributed by atoms with E-state index in [0.29, 0.717) is 17.4 Å². The average Bonchev–Trinajstić information content (AvgIpc) is 3.65. The van der Waals surface area contributed by atoms with Crippen molar-refractivity contribution in [2.24, 2.45) is 0 Å². The molecule has 9 nitrogen and oxygen atoms in total. The molecule has 0 bridgehead atoms. The molecule has 0 aliphatic heterocycles. The number of phosphoric acid groups is 1. The van der Waals surface area contributed by atoms with Crippen molar-refractivity contribution in [3.8, 4) is 0 Å². The number of carbonyl (C=O) groups excluding carboxylic acids is 2. The highest BCUT2D eigenvalue weighted by Crippen LogP contribution is 2.38. The number of hydrogen-bond donors (Lipinski definition) is 1. The van der Waals surface area contributed by atoms with Gasteiger partial charge in [0.05, 0.1) is 33.8 Å². The number of esters is 1. The van der Waals surface area contributed by atoms with Crippen molar-refractivity contribution in [1.82, 2.24) is 5.32 Å². The van der Waals surface area contributed by atoms with E-state index in [9.17, 15) is 19.0 Å². The molecule has 1 N–H and O–H groups in total. The Morgan fingerprint density at radius 1 is 0.417 bits per heavy atom. The molecule has 0 rings (SSSR count). The molecule has 0 radical (unpaired) electrons. The molecular weight excluding hydrogens is 1060 g/mol. The number of quaternary nitrogens is 1. The molecular formula is C74H137N2O7P. The molecule has 0 saturated heterocycles. The lowest BCUT2D eigenvalue weighted by Crippen LogP contribution is -2.47. The number of likely N-dealkylation sites (N-methyl/N-ethyl adjacent to an activating group) is 1. The van der Waals surface area contributed by atoms with Gasteiger partial charge in [0.1, 0.15) is 19.3 Å². The Bertz CT molecular complexity index is 1670. The van der Waals surface area contributed by atoms with E-state index in [1.54, 1.807) is 0 Å². The summed E-state index contributed by atoms with van der Waals surface area (Å²) in [5, 5.41) is 3.04. The highest BCUT2D eigenvalue weighted by atomic mass is 31.2. The maximum Gasteiger partial charge on any atom is 0.306 e. The number of ether oxygens (including phenoxy) is 1. The first-order valence-electron chi connectivity index (χ1n) is 35.7. The second kappa shape index (κ2) is 63.5. The van der Waals surface area contributed by atoms with Crippen LogP contribution >= 0.6 is 7.82 Å². The van der Waals surface area contributed by atoms with Gasteiger partial charge in [0.25, 0.3) is 7.82 Å². The van der Waals surface area contributed by atoms with Crippen LogP contribution in [0.4, 0.5) is 0 Å². The minimum absolute atomic E-state index is 0.0241. The van der Waals surface area contributed by atoms with E-state index in [0.717, 1.165) is 89.9 Å². The zero-order chi connectivity index (χ0) is 61.4. The molecule has 0 fully saturated rings. The molecule has 0 aromatic carbocycles. The SMILES string of the molecule is CCCCC/C=C\C/C=C\C/C=C\CCCCCCCCCCCCCCCCC(=O)OC(/C=C\CCCCCCCCCCCC)C(COP(=O)([O-])OCC[N+](C)(C)C)NC(=O)CCCCCCCCCCC/C=C\C/C=C\CCCCC. The third-order valence-corrected chi connectivity index (χ3v) is 16.8. The van der Waals surface area contributed by atoms with Crippen molar-refractivity contribution in [3.63, 3.8) is 0 Å². The minimum atomic E-state index is -4.71. The van der Waals surface area contributed by atoms with Gasteiger partial charge in [-0.2, -0.15) is 0 Å². The largest absolute Gasteiger partial charge is 0.756 e. The summed E-state index contributed by atoms with van der Waals surface area (Å²) in [7, 11) is 1.19. The first-order valence-corrected chi connectivity index (χ1v) is 37.2. The zero-order valence-corrected chi connectivity index (χ0v) is 57.0. The molecule has 0 aromatic rings. The number of phosphoric ester groups is 1. The summed E-state index contributed by atoms with van der Waals surface area (Å²) in [5.41, 5.74) is 0. The van der Waals surface area contributed by atoms with Crippen molar-refractivity contribution < 1.29 is 37.3 Å². The van der Waals surface area contributed by atoms with Crippen LogP contribution in [0.15, 0.2) is 72.9 Å². The Labute approximate surface area is 521 Å². The van der Waals surface area contributed by atoms with Gasteiger partial charge in [-0.15, -0.1) is 0 Å². The van der Waals surface area contributed by atoms with Crippen molar-refractivity contribution in [1.29, 1.82) is 0 Å². The predicted molar refractivity (Wildman–Crippen MR) is 362 cm³/mol. The number of allylic oxidation sites excluding steroid dienone is 11. The fourth-order valence-corrected chi connectivity index (χ4v) is 11.0. The molecule has 10 heteroatoms. The van der Waals surface area contributed by atoms with Crippen LogP contribution in [0.25, 0.3) is 0 Å². The molecule has 3 atom stereocenters. The third-order valence-electron chi connectivity index (χ3n) is 15.9. The summed E-state index contributed by atoms with van der Waals surface area (Å²) in [4.78, 5) is 40.2. The number of amides is 1. The third kappa shape index (κ3) is 63.9. The molecule has 0 saturated carbocycles.